The number of hydrogen-bond donors (Lipinski definition) is 0. The number of rotatable bonds is 4. The van der Waals surface area contributed by atoms with E-state index in [0.29, 0.717) is 18.5 Å². The monoisotopic (exact) mass is 362 g/mol. The maximum absolute atomic E-state index is 14.4. The van der Waals surface area contributed by atoms with E-state index in [0.717, 1.165) is 17.2 Å². The summed E-state index contributed by atoms with van der Waals surface area (Å²) < 4.78 is 14.4. The van der Waals surface area contributed by atoms with E-state index in [1.54, 1.807) is 35.2 Å². The highest BCUT2D eigenvalue weighted by Crippen LogP contribution is 2.24. The molecule has 0 atom stereocenters. The van der Waals surface area contributed by atoms with Crippen molar-refractivity contribution in [3.05, 3.63) is 78.1 Å². The molecular weight excluding hydrogens is 343 g/mol. The molecule has 4 nitrogen and oxygen atoms in total. The zero-order chi connectivity index (χ0) is 18.8. The van der Waals surface area contributed by atoms with Crippen molar-refractivity contribution in [2.45, 2.75) is 12.8 Å². The summed E-state index contributed by atoms with van der Waals surface area (Å²) in [6.45, 7) is 0.625. The summed E-state index contributed by atoms with van der Waals surface area (Å²) in [5, 5.41) is 1.97. The molecule has 0 saturated carbocycles. The van der Waals surface area contributed by atoms with E-state index in [9.17, 15) is 14.0 Å². The van der Waals surface area contributed by atoms with Crippen molar-refractivity contribution >= 4 is 28.3 Å². The Kier molecular flexibility index (Phi) is 4.59. The summed E-state index contributed by atoms with van der Waals surface area (Å²) >= 11 is 0. The minimum atomic E-state index is -0.488. The molecule has 1 fully saturated rings. The minimum Gasteiger partial charge on any atom is -0.324 e. The zero-order valence-electron chi connectivity index (χ0n) is 14.8. The first kappa shape index (κ1) is 17.2. The molecule has 1 saturated heterocycles. The Labute approximate surface area is 156 Å². The van der Waals surface area contributed by atoms with Gasteiger partial charge in [-0.05, 0) is 41.5 Å². The molecule has 136 valence electrons. The average Bonchev–Trinajstić information content (AvgIpc) is 3.10. The van der Waals surface area contributed by atoms with Crippen LogP contribution in [0.5, 0.6) is 0 Å². The molecule has 1 aliphatic heterocycles. The molecule has 27 heavy (non-hydrogen) atoms. The van der Waals surface area contributed by atoms with E-state index in [1.807, 2.05) is 30.3 Å². The van der Waals surface area contributed by atoms with Gasteiger partial charge in [-0.2, -0.15) is 0 Å². The minimum absolute atomic E-state index is 0.0114. The third kappa shape index (κ3) is 3.40. The van der Waals surface area contributed by atoms with Crippen molar-refractivity contribution in [3.8, 4) is 0 Å². The number of hydrogen-bond acceptors (Lipinski definition) is 2. The van der Waals surface area contributed by atoms with Crippen LogP contribution in [-0.2, 0) is 4.79 Å². The molecule has 0 radical (unpaired) electrons. The molecule has 0 aromatic heterocycles. The first-order valence-electron chi connectivity index (χ1n) is 8.96. The molecular formula is C22H19FN2O2. The SMILES string of the molecule is O=C1CCCN1CN(C(=O)c1ccc2ccccc2c1)c1ccccc1F. The predicted molar refractivity (Wildman–Crippen MR) is 103 cm³/mol. The molecule has 1 aliphatic rings. The van der Waals surface area contributed by atoms with Gasteiger partial charge in [0.1, 0.15) is 12.5 Å². The van der Waals surface area contributed by atoms with Gasteiger partial charge in [0.2, 0.25) is 5.91 Å². The highest BCUT2D eigenvalue weighted by Gasteiger charge is 2.27. The molecule has 0 bridgehead atoms. The van der Waals surface area contributed by atoms with E-state index in [1.165, 1.54) is 11.0 Å². The van der Waals surface area contributed by atoms with Crippen molar-refractivity contribution in [1.82, 2.24) is 4.90 Å². The van der Waals surface area contributed by atoms with Crippen molar-refractivity contribution in [2.24, 2.45) is 0 Å². The smallest absolute Gasteiger partial charge is 0.259 e. The third-order valence-corrected chi connectivity index (χ3v) is 4.87. The normalized spacial score (nSPS) is 14.0. The Morgan fingerprint density at radius 1 is 1.00 bits per heavy atom. The van der Waals surface area contributed by atoms with Gasteiger partial charge in [0, 0.05) is 18.5 Å². The maximum atomic E-state index is 14.4. The maximum Gasteiger partial charge on any atom is 0.259 e. The summed E-state index contributed by atoms with van der Waals surface area (Å²) in [6.07, 6.45) is 1.23. The van der Waals surface area contributed by atoms with Crippen LogP contribution in [-0.4, -0.2) is 29.9 Å². The second kappa shape index (κ2) is 7.19. The van der Waals surface area contributed by atoms with Crippen LogP contribution in [0.4, 0.5) is 10.1 Å². The van der Waals surface area contributed by atoms with Gasteiger partial charge in [-0.25, -0.2) is 4.39 Å². The van der Waals surface area contributed by atoms with Crippen LogP contribution in [0.1, 0.15) is 23.2 Å². The Morgan fingerprint density at radius 3 is 2.48 bits per heavy atom. The number of para-hydroxylation sites is 1. The molecule has 0 spiro atoms. The Bertz CT molecular complexity index is 1020. The quantitative estimate of drug-likeness (QED) is 0.698. The standard InChI is InChI=1S/C22H19FN2O2/c23-19-8-3-4-9-20(19)25(15-24-13-5-10-21(24)26)22(27)18-12-11-16-6-1-2-7-17(16)14-18/h1-4,6-9,11-12,14H,5,10,13,15H2. The number of nitrogens with zero attached hydrogens (tertiary/aromatic N) is 2. The average molecular weight is 362 g/mol. The fraction of sp³-hybridized carbons (Fsp3) is 0.182. The van der Waals surface area contributed by atoms with Crippen molar-refractivity contribution in [1.29, 1.82) is 0 Å². The van der Waals surface area contributed by atoms with Crippen LogP contribution in [0.2, 0.25) is 0 Å². The number of likely N-dealkylation sites (tertiary alicyclic amines) is 1. The fourth-order valence-corrected chi connectivity index (χ4v) is 3.42. The zero-order valence-corrected chi connectivity index (χ0v) is 14.8. The number of benzene rings is 3. The molecule has 3 aromatic carbocycles. The van der Waals surface area contributed by atoms with E-state index in [4.69, 9.17) is 0 Å². The summed E-state index contributed by atoms with van der Waals surface area (Å²) in [5.41, 5.74) is 0.638. The van der Waals surface area contributed by atoms with Gasteiger partial charge < -0.3 is 4.90 Å². The lowest BCUT2D eigenvalue weighted by Gasteiger charge is -2.28. The summed E-state index contributed by atoms with van der Waals surface area (Å²) in [6, 6.07) is 19.3. The largest absolute Gasteiger partial charge is 0.324 e. The number of halogens is 1. The van der Waals surface area contributed by atoms with E-state index in [2.05, 4.69) is 0 Å². The molecule has 0 N–H and O–H groups in total. The van der Waals surface area contributed by atoms with Crippen molar-refractivity contribution in [3.63, 3.8) is 0 Å². The van der Waals surface area contributed by atoms with E-state index >= 15 is 0 Å². The second-order valence-electron chi connectivity index (χ2n) is 6.65. The number of carbonyl (C=O) groups is 2. The summed E-state index contributed by atoms with van der Waals surface area (Å²) in [4.78, 5) is 28.3. The van der Waals surface area contributed by atoms with Gasteiger partial charge in [-0.15, -0.1) is 0 Å². The molecule has 2 amide bonds. The molecule has 5 heteroatoms. The Hall–Kier alpha value is -3.21. The molecule has 1 heterocycles. The molecule has 3 aromatic rings. The van der Waals surface area contributed by atoms with Crippen LogP contribution >= 0.6 is 0 Å². The first-order chi connectivity index (χ1) is 13.1. The van der Waals surface area contributed by atoms with Gasteiger partial charge in [-0.1, -0.05) is 42.5 Å². The van der Waals surface area contributed by atoms with Gasteiger partial charge >= 0.3 is 0 Å². The number of anilines is 1. The van der Waals surface area contributed by atoms with Crippen LogP contribution in [0.25, 0.3) is 10.8 Å². The molecule has 0 unspecified atom stereocenters. The van der Waals surface area contributed by atoms with Crippen molar-refractivity contribution < 1.29 is 14.0 Å². The lowest BCUT2D eigenvalue weighted by Crippen LogP contribution is -2.42. The Morgan fingerprint density at radius 2 is 1.74 bits per heavy atom. The second-order valence-corrected chi connectivity index (χ2v) is 6.65. The Balaban J connectivity index is 1.73. The van der Waals surface area contributed by atoms with Crippen LogP contribution in [0.15, 0.2) is 66.7 Å². The third-order valence-electron chi connectivity index (χ3n) is 4.87. The fourth-order valence-electron chi connectivity index (χ4n) is 3.42. The van der Waals surface area contributed by atoms with Gasteiger partial charge in [0.25, 0.3) is 5.91 Å². The lowest BCUT2D eigenvalue weighted by atomic mass is 10.1. The van der Waals surface area contributed by atoms with Gasteiger partial charge in [-0.3, -0.25) is 14.5 Å². The van der Waals surface area contributed by atoms with Crippen LogP contribution in [0.3, 0.4) is 0 Å². The molecule has 4 rings (SSSR count). The summed E-state index contributed by atoms with van der Waals surface area (Å²) in [7, 11) is 0. The van der Waals surface area contributed by atoms with E-state index in [-0.39, 0.29) is 24.2 Å². The lowest BCUT2D eigenvalue weighted by molar-refractivity contribution is -0.127. The number of fused-ring (bicyclic) bond motifs is 1. The van der Waals surface area contributed by atoms with Gasteiger partial charge in [0.15, 0.2) is 0 Å². The van der Waals surface area contributed by atoms with E-state index < -0.39 is 5.82 Å². The summed E-state index contributed by atoms with van der Waals surface area (Å²) in [5.74, 6) is -0.827. The highest BCUT2D eigenvalue weighted by atomic mass is 19.1. The topological polar surface area (TPSA) is 40.6 Å². The van der Waals surface area contributed by atoms with Crippen LogP contribution < -0.4 is 4.90 Å². The van der Waals surface area contributed by atoms with Gasteiger partial charge in [0.05, 0.1) is 5.69 Å². The van der Waals surface area contributed by atoms with Crippen LogP contribution in [0, 0.1) is 5.82 Å². The number of amides is 2. The first-order valence-corrected chi connectivity index (χ1v) is 8.96. The highest BCUT2D eigenvalue weighted by molar-refractivity contribution is 6.08. The number of carbonyl (C=O) groups excluding carboxylic acids is 2. The molecule has 0 aliphatic carbocycles. The predicted octanol–water partition coefficient (Wildman–Crippen LogP) is 4.21. The van der Waals surface area contributed by atoms with Crippen molar-refractivity contribution in [2.75, 3.05) is 18.1 Å².